The van der Waals surface area contributed by atoms with Crippen molar-refractivity contribution in [2.75, 3.05) is 13.1 Å². The van der Waals surface area contributed by atoms with Gasteiger partial charge in [0.1, 0.15) is 12.0 Å². The summed E-state index contributed by atoms with van der Waals surface area (Å²) in [4.78, 5) is 28.3. The van der Waals surface area contributed by atoms with E-state index in [1.54, 1.807) is 11.0 Å². The Bertz CT molecular complexity index is 729. The molecule has 0 saturated carbocycles. The van der Waals surface area contributed by atoms with Gasteiger partial charge in [-0.05, 0) is 38.0 Å². The van der Waals surface area contributed by atoms with Gasteiger partial charge in [-0.15, -0.1) is 11.3 Å². The Morgan fingerprint density at radius 2 is 2.12 bits per heavy atom. The Balaban J connectivity index is 1.52. The van der Waals surface area contributed by atoms with E-state index in [0.29, 0.717) is 24.4 Å². The maximum atomic E-state index is 12.4. The summed E-state index contributed by atoms with van der Waals surface area (Å²) in [5.41, 5.74) is 6.03. The second kappa shape index (κ2) is 7.19. The van der Waals surface area contributed by atoms with Gasteiger partial charge in [-0.25, -0.2) is 0 Å². The van der Waals surface area contributed by atoms with Crippen LogP contribution < -0.4 is 11.1 Å². The SMILES string of the molecule is Cc1ccc(C(=O)NC2CCN(C(=O)c3coc(CN)c3)CC2)s1. The summed E-state index contributed by atoms with van der Waals surface area (Å²) in [6, 6.07) is 5.59. The third kappa shape index (κ3) is 3.68. The number of likely N-dealkylation sites (tertiary alicyclic amines) is 1. The van der Waals surface area contributed by atoms with Gasteiger partial charge in [0.25, 0.3) is 11.8 Å². The molecular weight excluding hydrogens is 326 g/mol. The number of hydrogen-bond acceptors (Lipinski definition) is 5. The summed E-state index contributed by atoms with van der Waals surface area (Å²) < 4.78 is 5.22. The van der Waals surface area contributed by atoms with Crippen LogP contribution in [0.5, 0.6) is 0 Å². The molecule has 1 aliphatic heterocycles. The predicted molar refractivity (Wildman–Crippen MR) is 92.0 cm³/mol. The summed E-state index contributed by atoms with van der Waals surface area (Å²) in [5, 5.41) is 3.06. The number of amides is 2. The van der Waals surface area contributed by atoms with E-state index in [4.69, 9.17) is 10.2 Å². The van der Waals surface area contributed by atoms with Gasteiger partial charge in [0.2, 0.25) is 0 Å². The minimum absolute atomic E-state index is 0.0275. The molecule has 128 valence electrons. The van der Waals surface area contributed by atoms with Crippen molar-refractivity contribution in [2.45, 2.75) is 32.4 Å². The molecule has 0 spiro atoms. The van der Waals surface area contributed by atoms with Crippen molar-refractivity contribution >= 4 is 23.2 Å². The van der Waals surface area contributed by atoms with E-state index in [2.05, 4.69) is 5.32 Å². The monoisotopic (exact) mass is 347 g/mol. The highest BCUT2D eigenvalue weighted by atomic mass is 32.1. The Hall–Kier alpha value is -2.12. The first-order valence-electron chi connectivity index (χ1n) is 8.01. The number of thiophene rings is 1. The lowest BCUT2D eigenvalue weighted by molar-refractivity contribution is 0.0697. The average molecular weight is 347 g/mol. The largest absolute Gasteiger partial charge is 0.467 e. The molecule has 0 aliphatic carbocycles. The molecular formula is C17H21N3O3S. The van der Waals surface area contributed by atoms with Crippen molar-refractivity contribution in [1.29, 1.82) is 0 Å². The zero-order chi connectivity index (χ0) is 17.1. The number of piperidine rings is 1. The Morgan fingerprint density at radius 1 is 1.38 bits per heavy atom. The number of carbonyl (C=O) groups is 2. The smallest absolute Gasteiger partial charge is 0.261 e. The summed E-state index contributed by atoms with van der Waals surface area (Å²) in [5.74, 6) is 0.532. The molecule has 1 saturated heterocycles. The van der Waals surface area contributed by atoms with E-state index in [-0.39, 0.29) is 24.4 Å². The maximum absolute atomic E-state index is 12.4. The first-order chi connectivity index (χ1) is 11.6. The Morgan fingerprint density at radius 3 is 2.71 bits per heavy atom. The van der Waals surface area contributed by atoms with Crippen LogP contribution in [0.4, 0.5) is 0 Å². The molecule has 0 radical (unpaired) electrons. The number of carbonyl (C=O) groups excluding carboxylic acids is 2. The molecule has 24 heavy (non-hydrogen) atoms. The molecule has 1 aliphatic rings. The third-order valence-electron chi connectivity index (χ3n) is 4.18. The van der Waals surface area contributed by atoms with Crippen molar-refractivity contribution in [3.05, 3.63) is 45.5 Å². The average Bonchev–Trinajstić information content (AvgIpc) is 3.23. The van der Waals surface area contributed by atoms with Crippen LogP contribution in [-0.4, -0.2) is 35.8 Å². The lowest BCUT2D eigenvalue weighted by atomic mass is 10.0. The van der Waals surface area contributed by atoms with E-state index in [1.165, 1.54) is 17.6 Å². The second-order valence-corrected chi connectivity index (χ2v) is 7.24. The second-order valence-electron chi connectivity index (χ2n) is 5.96. The predicted octanol–water partition coefficient (Wildman–Crippen LogP) is 2.14. The van der Waals surface area contributed by atoms with Gasteiger partial charge >= 0.3 is 0 Å². The molecule has 7 heteroatoms. The lowest BCUT2D eigenvalue weighted by Crippen LogP contribution is -2.46. The van der Waals surface area contributed by atoms with Crippen LogP contribution in [-0.2, 0) is 6.54 Å². The third-order valence-corrected chi connectivity index (χ3v) is 5.18. The van der Waals surface area contributed by atoms with Gasteiger partial charge in [-0.3, -0.25) is 9.59 Å². The van der Waals surface area contributed by atoms with E-state index < -0.39 is 0 Å². The molecule has 6 nitrogen and oxygen atoms in total. The summed E-state index contributed by atoms with van der Waals surface area (Å²) in [6.07, 6.45) is 2.96. The molecule has 2 amide bonds. The van der Waals surface area contributed by atoms with Crippen molar-refractivity contribution in [3.63, 3.8) is 0 Å². The number of rotatable bonds is 4. The fourth-order valence-corrected chi connectivity index (χ4v) is 3.59. The minimum Gasteiger partial charge on any atom is -0.467 e. The maximum Gasteiger partial charge on any atom is 0.261 e. The van der Waals surface area contributed by atoms with Crippen LogP contribution in [0.2, 0.25) is 0 Å². The van der Waals surface area contributed by atoms with Crippen molar-refractivity contribution < 1.29 is 14.0 Å². The molecule has 0 unspecified atom stereocenters. The topological polar surface area (TPSA) is 88.6 Å². The van der Waals surface area contributed by atoms with Crippen molar-refractivity contribution in [3.8, 4) is 0 Å². The number of nitrogens with two attached hydrogens (primary N) is 1. The number of aryl methyl sites for hydroxylation is 1. The first kappa shape index (κ1) is 16.7. The summed E-state index contributed by atoms with van der Waals surface area (Å²) in [6.45, 7) is 3.51. The molecule has 0 atom stereocenters. The summed E-state index contributed by atoms with van der Waals surface area (Å²) >= 11 is 1.49. The Labute approximate surface area is 144 Å². The van der Waals surface area contributed by atoms with Crippen molar-refractivity contribution in [1.82, 2.24) is 10.2 Å². The van der Waals surface area contributed by atoms with E-state index >= 15 is 0 Å². The number of nitrogens with one attached hydrogen (secondary N) is 1. The highest BCUT2D eigenvalue weighted by Gasteiger charge is 2.26. The van der Waals surface area contributed by atoms with E-state index in [9.17, 15) is 9.59 Å². The fraction of sp³-hybridized carbons (Fsp3) is 0.412. The van der Waals surface area contributed by atoms with Crippen LogP contribution in [0.25, 0.3) is 0 Å². The zero-order valence-corrected chi connectivity index (χ0v) is 14.4. The molecule has 3 rings (SSSR count). The van der Waals surface area contributed by atoms with Gasteiger partial charge in [0, 0.05) is 24.0 Å². The molecule has 1 fully saturated rings. The zero-order valence-electron chi connectivity index (χ0n) is 13.6. The fourth-order valence-electron chi connectivity index (χ4n) is 2.82. The number of nitrogens with zero attached hydrogens (tertiary/aromatic N) is 1. The van der Waals surface area contributed by atoms with Crippen LogP contribution in [0.1, 0.15) is 43.5 Å². The first-order valence-corrected chi connectivity index (χ1v) is 8.82. The van der Waals surface area contributed by atoms with E-state index in [1.807, 2.05) is 19.1 Å². The van der Waals surface area contributed by atoms with Gasteiger partial charge in [0.15, 0.2) is 0 Å². The number of furan rings is 1. The van der Waals surface area contributed by atoms with Crippen LogP contribution in [0.3, 0.4) is 0 Å². The van der Waals surface area contributed by atoms with Gasteiger partial charge in [0.05, 0.1) is 17.0 Å². The minimum atomic E-state index is -0.0443. The number of hydrogen-bond donors (Lipinski definition) is 2. The van der Waals surface area contributed by atoms with Crippen LogP contribution >= 0.6 is 11.3 Å². The highest BCUT2D eigenvalue weighted by Crippen LogP contribution is 2.18. The molecule has 2 aromatic rings. The van der Waals surface area contributed by atoms with Crippen molar-refractivity contribution in [2.24, 2.45) is 5.73 Å². The van der Waals surface area contributed by atoms with Crippen LogP contribution in [0, 0.1) is 6.92 Å². The standard InChI is InChI=1S/C17H21N3O3S/c1-11-2-3-15(24-11)16(21)19-13-4-6-20(7-5-13)17(22)12-8-14(9-18)23-10-12/h2-3,8,10,13H,4-7,9,18H2,1H3,(H,19,21). The molecule has 3 heterocycles. The quantitative estimate of drug-likeness (QED) is 0.887. The lowest BCUT2D eigenvalue weighted by Gasteiger charge is -2.32. The van der Waals surface area contributed by atoms with Crippen LogP contribution in [0.15, 0.2) is 28.9 Å². The van der Waals surface area contributed by atoms with Gasteiger partial charge in [-0.2, -0.15) is 0 Å². The molecule has 3 N–H and O–H groups in total. The van der Waals surface area contributed by atoms with Gasteiger partial charge < -0.3 is 20.4 Å². The Kier molecular flexibility index (Phi) is 5.01. The highest BCUT2D eigenvalue weighted by molar-refractivity contribution is 7.13. The molecule has 0 bridgehead atoms. The van der Waals surface area contributed by atoms with Gasteiger partial charge in [-0.1, -0.05) is 0 Å². The molecule has 0 aromatic carbocycles. The normalized spacial score (nSPS) is 15.5. The molecule has 2 aromatic heterocycles. The summed E-state index contributed by atoms with van der Waals surface area (Å²) in [7, 11) is 0. The van der Waals surface area contributed by atoms with E-state index in [0.717, 1.165) is 22.6 Å².